The molecule has 0 saturated carbocycles. The number of carbonyl (C=O) groups excluding carboxylic acids is 2. The van der Waals surface area contributed by atoms with Crippen molar-refractivity contribution in [3.8, 4) is 11.4 Å². The monoisotopic (exact) mass is 389 g/mol. The van der Waals surface area contributed by atoms with E-state index in [4.69, 9.17) is 4.74 Å². The molecule has 4 rings (SSSR count). The second kappa shape index (κ2) is 8.31. The van der Waals surface area contributed by atoms with E-state index in [1.165, 1.54) is 0 Å². The molecule has 2 heterocycles. The second-order valence-electron chi connectivity index (χ2n) is 7.16. The summed E-state index contributed by atoms with van der Waals surface area (Å²) in [5.41, 5.74) is 2.01. The van der Waals surface area contributed by atoms with Crippen LogP contribution < -0.4 is 4.74 Å². The fourth-order valence-corrected chi connectivity index (χ4v) is 3.83. The molecule has 1 amide bonds. The van der Waals surface area contributed by atoms with Crippen molar-refractivity contribution in [1.82, 2.24) is 14.7 Å². The van der Waals surface area contributed by atoms with Gasteiger partial charge in [-0.15, -0.1) is 0 Å². The minimum absolute atomic E-state index is 0.0326. The fraction of sp³-hybridized carbons (Fsp3) is 0.261. The summed E-state index contributed by atoms with van der Waals surface area (Å²) in [6.45, 7) is 1.07. The second-order valence-corrected chi connectivity index (χ2v) is 7.16. The maximum Gasteiger partial charge on any atom is 0.253 e. The number of hydrogen-bond donors (Lipinski definition) is 0. The van der Waals surface area contributed by atoms with Gasteiger partial charge in [0.25, 0.3) is 5.91 Å². The van der Waals surface area contributed by atoms with Crippen molar-refractivity contribution in [2.45, 2.75) is 12.8 Å². The van der Waals surface area contributed by atoms with Gasteiger partial charge in [-0.25, -0.2) is 4.68 Å². The summed E-state index contributed by atoms with van der Waals surface area (Å²) < 4.78 is 7.06. The number of nitrogens with zero attached hydrogens (tertiary/aromatic N) is 3. The van der Waals surface area contributed by atoms with E-state index in [-0.39, 0.29) is 17.6 Å². The summed E-state index contributed by atoms with van der Waals surface area (Å²) in [6.07, 6.45) is 5.11. The third-order valence-electron chi connectivity index (χ3n) is 5.31. The molecule has 2 aromatic carbocycles. The Hall–Kier alpha value is -3.41. The summed E-state index contributed by atoms with van der Waals surface area (Å²) in [4.78, 5) is 28.0. The molecular weight excluding hydrogens is 366 g/mol. The van der Waals surface area contributed by atoms with E-state index in [9.17, 15) is 9.59 Å². The smallest absolute Gasteiger partial charge is 0.253 e. The van der Waals surface area contributed by atoms with Gasteiger partial charge in [0.1, 0.15) is 5.75 Å². The van der Waals surface area contributed by atoms with Crippen molar-refractivity contribution in [3.05, 3.63) is 78.1 Å². The van der Waals surface area contributed by atoms with Gasteiger partial charge in [-0.2, -0.15) is 5.10 Å². The maximum atomic E-state index is 13.1. The molecule has 1 aliphatic heterocycles. The van der Waals surface area contributed by atoms with Gasteiger partial charge in [0, 0.05) is 37.0 Å². The van der Waals surface area contributed by atoms with Gasteiger partial charge in [-0.05, 0) is 49.2 Å². The predicted molar refractivity (Wildman–Crippen MR) is 110 cm³/mol. The summed E-state index contributed by atoms with van der Waals surface area (Å²) in [5, 5.41) is 4.22. The van der Waals surface area contributed by atoms with E-state index in [0.717, 1.165) is 18.5 Å². The van der Waals surface area contributed by atoms with Crippen LogP contribution in [0.2, 0.25) is 0 Å². The Morgan fingerprint density at radius 3 is 2.76 bits per heavy atom. The molecule has 1 aromatic heterocycles. The molecule has 0 unspecified atom stereocenters. The number of para-hydroxylation sites is 1. The SMILES string of the molecule is COc1ccccc1C(=O)[C@@H]1CCCN(C(=O)c2cccc(-n3cccn3)c2)C1. The predicted octanol–water partition coefficient (Wildman–Crippen LogP) is 3.62. The Morgan fingerprint density at radius 1 is 1.10 bits per heavy atom. The Kier molecular flexibility index (Phi) is 5.42. The van der Waals surface area contributed by atoms with Crippen LogP contribution in [-0.4, -0.2) is 46.6 Å². The maximum absolute atomic E-state index is 13.1. The van der Waals surface area contributed by atoms with E-state index in [1.807, 2.05) is 42.6 Å². The lowest BCUT2D eigenvalue weighted by Gasteiger charge is -2.32. The third-order valence-corrected chi connectivity index (χ3v) is 5.31. The molecule has 0 N–H and O–H groups in total. The van der Waals surface area contributed by atoms with Crippen molar-refractivity contribution < 1.29 is 14.3 Å². The molecule has 1 saturated heterocycles. The highest BCUT2D eigenvalue weighted by atomic mass is 16.5. The number of aromatic nitrogens is 2. The van der Waals surface area contributed by atoms with Gasteiger partial charge in [-0.1, -0.05) is 18.2 Å². The average Bonchev–Trinajstić information content (AvgIpc) is 3.33. The van der Waals surface area contributed by atoms with Crippen molar-refractivity contribution in [2.24, 2.45) is 5.92 Å². The lowest BCUT2D eigenvalue weighted by molar-refractivity contribution is 0.0636. The topological polar surface area (TPSA) is 64.4 Å². The standard InChI is InChI=1S/C23H23N3O3/c1-29-21-11-3-2-10-20(21)22(27)18-8-5-13-25(16-18)23(28)17-7-4-9-19(15-17)26-14-6-12-24-26/h2-4,6-7,9-12,14-15,18H,5,8,13,16H2,1H3/t18-/m1/s1. The minimum atomic E-state index is -0.224. The molecule has 6 nitrogen and oxygen atoms in total. The van der Waals surface area contributed by atoms with Crippen LogP contribution in [0.5, 0.6) is 5.75 Å². The molecule has 148 valence electrons. The van der Waals surface area contributed by atoms with Crippen LogP contribution in [0.25, 0.3) is 5.69 Å². The summed E-state index contributed by atoms with van der Waals surface area (Å²) in [5.74, 6) is 0.327. The number of methoxy groups -OCH3 is 1. The molecule has 1 fully saturated rings. The van der Waals surface area contributed by atoms with Crippen molar-refractivity contribution in [1.29, 1.82) is 0 Å². The largest absolute Gasteiger partial charge is 0.496 e. The van der Waals surface area contributed by atoms with Gasteiger partial charge in [-0.3, -0.25) is 9.59 Å². The molecule has 0 spiro atoms. The molecule has 0 aliphatic carbocycles. The quantitative estimate of drug-likeness (QED) is 0.625. The van der Waals surface area contributed by atoms with E-state index < -0.39 is 0 Å². The number of ether oxygens (including phenoxy) is 1. The first-order valence-electron chi connectivity index (χ1n) is 9.74. The zero-order chi connectivity index (χ0) is 20.2. The number of benzene rings is 2. The van der Waals surface area contributed by atoms with Gasteiger partial charge >= 0.3 is 0 Å². The Morgan fingerprint density at radius 2 is 1.97 bits per heavy atom. The number of likely N-dealkylation sites (tertiary alicyclic amines) is 1. The van der Waals surface area contributed by atoms with Gasteiger partial charge < -0.3 is 9.64 Å². The van der Waals surface area contributed by atoms with Gasteiger partial charge in [0.05, 0.1) is 18.4 Å². The zero-order valence-corrected chi connectivity index (χ0v) is 16.3. The Labute approximate surface area is 169 Å². The molecule has 0 radical (unpaired) electrons. The first-order valence-corrected chi connectivity index (χ1v) is 9.74. The number of Topliss-reactive ketones (excluding diaryl/α,β-unsaturated/α-hetero) is 1. The minimum Gasteiger partial charge on any atom is -0.496 e. The number of rotatable bonds is 5. The van der Waals surface area contributed by atoms with Crippen molar-refractivity contribution in [3.63, 3.8) is 0 Å². The van der Waals surface area contributed by atoms with Crippen LogP contribution in [0.3, 0.4) is 0 Å². The zero-order valence-electron chi connectivity index (χ0n) is 16.3. The highest BCUT2D eigenvalue weighted by molar-refractivity contribution is 6.01. The van der Waals surface area contributed by atoms with Gasteiger partial charge in [0.2, 0.25) is 0 Å². The first kappa shape index (κ1) is 18.9. The third kappa shape index (κ3) is 3.92. The average molecular weight is 389 g/mol. The van der Waals surface area contributed by atoms with Crippen LogP contribution in [0.15, 0.2) is 67.0 Å². The Balaban J connectivity index is 1.52. The molecular formula is C23H23N3O3. The lowest BCUT2D eigenvalue weighted by atomic mass is 9.89. The molecule has 1 atom stereocenters. The number of amides is 1. The molecule has 1 aliphatic rings. The van der Waals surface area contributed by atoms with Crippen LogP contribution in [0.1, 0.15) is 33.6 Å². The number of hydrogen-bond acceptors (Lipinski definition) is 4. The van der Waals surface area contributed by atoms with Crippen molar-refractivity contribution in [2.75, 3.05) is 20.2 Å². The van der Waals surface area contributed by atoms with E-state index >= 15 is 0 Å². The molecule has 3 aromatic rings. The van der Waals surface area contributed by atoms with E-state index in [1.54, 1.807) is 41.1 Å². The normalized spacial score (nSPS) is 16.4. The summed E-state index contributed by atoms with van der Waals surface area (Å²) >= 11 is 0. The highest BCUT2D eigenvalue weighted by Crippen LogP contribution is 2.27. The highest BCUT2D eigenvalue weighted by Gasteiger charge is 2.30. The van der Waals surface area contributed by atoms with Gasteiger partial charge in [0.15, 0.2) is 5.78 Å². The Bertz CT molecular complexity index is 1010. The van der Waals surface area contributed by atoms with Crippen molar-refractivity contribution >= 4 is 11.7 Å². The van der Waals surface area contributed by atoms with Crippen LogP contribution in [0, 0.1) is 5.92 Å². The summed E-state index contributed by atoms with van der Waals surface area (Å²) in [7, 11) is 1.56. The molecule has 0 bridgehead atoms. The fourth-order valence-electron chi connectivity index (χ4n) is 3.83. The van der Waals surface area contributed by atoms with E-state index in [2.05, 4.69) is 5.10 Å². The van der Waals surface area contributed by atoms with E-state index in [0.29, 0.717) is 30.0 Å². The van der Waals surface area contributed by atoms with Crippen LogP contribution in [0.4, 0.5) is 0 Å². The van der Waals surface area contributed by atoms with Crippen LogP contribution in [-0.2, 0) is 0 Å². The number of ketones is 1. The summed E-state index contributed by atoms with van der Waals surface area (Å²) in [6, 6.07) is 16.5. The lowest BCUT2D eigenvalue weighted by Crippen LogP contribution is -2.42. The molecule has 29 heavy (non-hydrogen) atoms. The number of piperidine rings is 1. The van der Waals surface area contributed by atoms with Crippen LogP contribution >= 0.6 is 0 Å². The first-order chi connectivity index (χ1) is 14.2. The molecule has 6 heteroatoms. The number of carbonyl (C=O) groups is 2.